The molecular formula is C35H35F3N2O4. The van der Waals surface area contributed by atoms with Gasteiger partial charge in [-0.1, -0.05) is 48.5 Å². The largest absolute Gasteiger partial charge is 0.457 e. The first-order valence-electron chi connectivity index (χ1n) is 14.9. The molecule has 2 aliphatic heterocycles. The molecule has 2 aliphatic rings. The zero-order chi connectivity index (χ0) is 31.1. The summed E-state index contributed by atoms with van der Waals surface area (Å²) in [4.78, 5) is 42.2. The summed E-state index contributed by atoms with van der Waals surface area (Å²) in [6.45, 7) is 2.49. The third-order valence-corrected chi connectivity index (χ3v) is 8.59. The molecule has 6 nitrogen and oxygen atoms in total. The van der Waals surface area contributed by atoms with Crippen LogP contribution in [0.3, 0.4) is 0 Å². The molecule has 2 saturated heterocycles. The minimum absolute atomic E-state index is 0.0124. The van der Waals surface area contributed by atoms with E-state index in [9.17, 15) is 27.6 Å². The van der Waals surface area contributed by atoms with Crippen LogP contribution in [0.4, 0.5) is 13.2 Å². The Hall–Kier alpha value is -4.40. The van der Waals surface area contributed by atoms with Crippen LogP contribution < -0.4 is 0 Å². The number of nitrogens with zero attached hydrogens (tertiary/aromatic N) is 2. The number of rotatable bonds is 7. The van der Waals surface area contributed by atoms with Gasteiger partial charge in [0.1, 0.15) is 6.61 Å². The normalized spacial score (nSPS) is 16.7. The van der Waals surface area contributed by atoms with Crippen molar-refractivity contribution in [3.63, 3.8) is 0 Å². The molecule has 3 aromatic rings. The van der Waals surface area contributed by atoms with Crippen molar-refractivity contribution in [1.29, 1.82) is 0 Å². The van der Waals surface area contributed by atoms with E-state index in [1.165, 1.54) is 18.2 Å². The number of esters is 1. The van der Waals surface area contributed by atoms with Gasteiger partial charge in [-0.25, -0.2) is 4.79 Å². The van der Waals surface area contributed by atoms with E-state index >= 15 is 0 Å². The Morgan fingerprint density at radius 2 is 1.39 bits per heavy atom. The number of carbonyl (C=O) groups excluding carboxylic acids is 3. The van der Waals surface area contributed by atoms with Gasteiger partial charge in [-0.3, -0.25) is 9.59 Å². The third kappa shape index (κ3) is 7.75. The topological polar surface area (TPSA) is 66.9 Å². The monoisotopic (exact) mass is 604 g/mol. The van der Waals surface area contributed by atoms with Crippen molar-refractivity contribution < 1.29 is 32.3 Å². The van der Waals surface area contributed by atoms with Crippen molar-refractivity contribution in [3.05, 3.63) is 113 Å². The molecule has 2 fully saturated rings. The number of benzene rings is 3. The third-order valence-electron chi connectivity index (χ3n) is 8.59. The Morgan fingerprint density at radius 1 is 0.773 bits per heavy atom. The Morgan fingerprint density at radius 3 is 2.05 bits per heavy atom. The van der Waals surface area contributed by atoms with Crippen LogP contribution in [0.5, 0.6) is 0 Å². The van der Waals surface area contributed by atoms with Crippen molar-refractivity contribution in [2.75, 3.05) is 26.2 Å². The van der Waals surface area contributed by atoms with Gasteiger partial charge in [0, 0.05) is 43.4 Å². The van der Waals surface area contributed by atoms with Gasteiger partial charge in [-0.15, -0.1) is 0 Å². The van der Waals surface area contributed by atoms with Gasteiger partial charge in [-0.2, -0.15) is 13.2 Å². The minimum Gasteiger partial charge on any atom is -0.457 e. The lowest BCUT2D eigenvalue weighted by atomic mass is 9.78. The van der Waals surface area contributed by atoms with Crippen LogP contribution in [0.1, 0.15) is 63.1 Å². The fourth-order valence-corrected chi connectivity index (χ4v) is 6.08. The lowest BCUT2D eigenvalue weighted by molar-refractivity contribution is -0.137. The minimum atomic E-state index is -4.43. The predicted molar refractivity (Wildman–Crippen MR) is 160 cm³/mol. The van der Waals surface area contributed by atoms with E-state index in [2.05, 4.69) is 0 Å². The number of hydrogen-bond donors (Lipinski definition) is 0. The number of piperidine rings is 2. The highest BCUT2D eigenvalue weighted by molar-refractivity contribution is 5.96. The van der Waals surface area contributed by atoms with Gasteiger partial charge in [0.25, 0.3) is 5.91 Å². The molecule has 0 aromatic heterocycles. The molecule has 5 rings (SSSR count). The summed E-state index contributed by atoms with van der Waals surface area (Å²) < 4.78 is 44.4. The number of likely N-dealkylation sites (tertiary alicyclic amines) is 2. The van der Waals surface area contributed by atoms with Crippen LogP contribution in [0.15, 0.2) is 84.9 Å². The molecule has 44 heavy (non-hydrogen) atoms. The van der Waals surface area contributed by atoms with Crippen molar-refractivity contribution in [1.82, 2.24) is 9.80 Å². The van der Waals surface area contributed by atoms with Crippen LogP contribution in [0.25, 0.3) is 6.08 Å². The fraction of sp³-hybridized carbons (Fsp3) is 0.343. The highest BCUT2D eigenvalue weighted by Gasteiger charge is 2.33. The highest BCUT2D eigenvalue weighted by Crippen LogP contribution is 2.33. The van der Waals surface area contributed by atoms with E-state index in [-0.39, 0.29) is 18.4 Å². The zero-order valence-corrected chi connectivity index (χ0v) is 24.3. The summed E-state index contributed by atoms with van der Waals surface area (Å²) in [5.41, 5.74) is 1.26. The Balaban J connectivity index is 1.09. The molecule has 0 aliphatic carbocycles. The summed E-state index contributed by atoms with van der Waals surface area (Å²) in [5, 5.41) is 0. The second kappa shape index (κ2) is 13.9. The van der Waals surface area contributed by atoms with E-state index in [1.54, 1.807) is 41.3 Å². The molecule has 3 aromatic carbocycles. The van der Waals surface area contributed by atoms with Crippen molar-refractivity contribution in [3.8, 4) is 0 Å². The average molecular weight is 605 g/mol. The predicted octanol–water partition coefficient (Wildman–Crippen LogP) is 6.87. The number of amides is 2. The fourth-order valence-electron chi connectivity index (χ4n) is 6.08. The van der Waals surface area contributed by atoms with E-state index in [0.29, 0.717) is 60.3 Å². The van der Waals surface area contributed by atoms with E-state index in [4.69, 9.17) is 4.74 Å². The SMILES string of the molecule is O=C(OCc1ccccc1C(=O)N1CCC(C2CCN(C(=O)C=Cc3cccc(C(F)(F)F)c3)CC2)CC1)c1ccccc1. The smallest absolute Gasteiger partial charge is 0.416 e. The Bertz CT molecular complexity index is 1490. The summed E-state index contributed by atoms with van der Waals surface area (Å²) in [6, 6.07) is 20.9. The first-order valence-corrected chi connectivity index (χ1v) is 14.9. The van der Waals surface area contributed by atoms with Gasteiger partial charge in [-0.05, 0) is 79.5 Å². The second-order valence-electron chi connectivity index (χ2n) is 11.3. The van der Waals surface area contributed by atoms with Crippen molar-refractivity contribution >= 4 is 23.9 Å². The first-order chi connectivity index (χ1) is 21.2. The second-order valence-corrected chi connectivity index (χ2v) is 11.3. The van der Waals surface area contributed by atoms with Gasteiger partial charge >= 0.3 is 12.1 Å². The van der Waals surface area contributed by atoms with Gasteiger partial charge in [0.15, 0.2) is 0 Å². The van der Waals surface area contributed by atoms with Gasteiger partial charge in [0.2, 0.25) is 5.91 Å². The summed E-state index contributed by atoms with van der Waals surface area (Å²) in [5.74, 6) is 0.206. The summed E-state index contributed by atoms with van der Waals surface area (Å²) in [7, 11) is 0. The van der Waals surface area contributed by atoms with Crippen LogP contribution >= 0.6 is 0 Å². The lowest BCUT2D eigenvalue weighted by Gasteiger charge is -2.40. The van der Waals surface area contributed by atoms with Gasteiger partial charge < -0.3 is 14.5 Å². The zero-order valence-electron chi connectivity index (χ0n) is 24.3. The van der Waals surface area contributed by atoms with Crippen molar-refractivity contribution in [2.45, 2.75) is 38.5 Å². The van der Waals surface area contributed by atoms with Crippen LogP contribution in [-0.2, 0) is 22.3 Å². The molecule has 0 bridgehead atoms. The molecule has 230 valence electrons. The molecule has 0 spiro atoms. The standard InChI is InChI=1S/C35H35F3N2O4/c36-35(37,38)30-11-6-7-25(23-30)13-14-32(41)39-19-15-26(16-20-39)27-17-21-40(22-18-27)33(42)31-12-5-4-10-29(31)24-44-34(43)28-8-2-1-3-9-28/h1-14,23,26-27H,15-22,24H2. The molecule has 0 N–H and O–H groups in total. The number of ether oxygens (including phenoxy) is 1. The maximum atomic E-state index is 13.4. The average Bonchev–Trinajstić information content (AvgIpc) is 3.06. The molecule has 0 atom stereocenters. The quantitative estimate of drug-likeness (QED) is 0.218. The number of carbonyl (C=O) groups is 3. The van der Waals surface area contributed by atoms with E-state index in [1.807, 2.05) is 29.2 Å². The first kappa shape index (κ1) is 31.0. The Kier molecular flexibility index (Phi) is 9.82. The maximum Gasteiger partial charge on any atom is 0.416 e. The summed E-state index contributed by atoms with van der Waals surface area (Å²) in [6.07, 6.45) is 1.83. The van der Waals surface area contributed by atoms with Crippen LogP contribution in [0, 0.1) is 11.8 Å². The van der Waals surface area contributed by atoms with E-state index < -0.39 is 17.7 Å². The van der Waals surface area contributed by atoms with Gasteiger partial charge in [0.05, 0.1) is 11.1 Å². The summed E-state index contributed by atoms with van der Waals surface area (Å²) >= 11 is 0. The molecule has 2 heterocycles. The van der Waals surface area contributed by atoms with Crippen LogP contribution in [-0.4, -0.2) is 53.8 Å². The highest BCUT2D eigenvalue weighted by atomic mass is 19.4. The number of hydrogen-bond acceptors (Lipinski definition) is 4. The molecule has 0 unspecified atom stereocenters. The molecular weight excluding hydrogens is 569 g/mol. The van der Waals surface area contributed by atoms with E-state index in [0.717, 1.165) is 37.8 Å². The molecule has 0 radical (unpaired) electrons. The lowest BCUT2D eigenvalue weighted by Crippen LogP contribution is -2.44. The Labute approximate surface area is 255 Å². The van der Waals surface area contributed by atoms with Crippen molar-refractivity contribution in [2.24, 2.45) is 11.8 Å². The number of halogens is 3. The molecule has 9 heteroatoms. The maximum absolute atomic E-state index is 13.4. The molecule has 2 amide bonds. The number of alkyl halides is 3. The molecule has 0 saturated carbocycles. The van der Waals surface area contributed by atoms with Crippen LogP contribution in [0.2, 0.25) is 0 Å².